The zero-order chi connectivity index (χ0) is 39.0. The Balaban J connectivity index is 1.05. The van der Waals surface area contributed by atoms with E-state index >= 15 is 0 Å². The highest BCUT2D eigenvalue weighted by Crippen LogP contribution is 2.48. The molecule has 58 heavy (non-hydrogen) atoms. The molecule has 2 nitrogen and oxygen atoms in total. The predicted molar refractivity (Wildman–Crippen MR) is 255 cm³/mol. The standard InChI is InChI=1S/C54H38N2S2/c1-3-37-17-21-40(22-18-37)42-25-31-48(32-26-42)56(50-16-10-14-43-13-8-9-15-49(43)50)54-36-45-34-51-44(33-52(45)58-54)35-53(57-51)55(46-27-19-38(4-2)20-28-46)47-29-23-41(24-30-47)39-11-6-5-7-12-39/h3-36H,1-2H2. The van der Waals surface area contributed by atoms with E-state index in [1.807, 2.05) is 34.8 Å². The van der Waals surface area contributed by atoms with Crippen molar-refractivity contribution in [2.24, 2.45) is 0 Å². The second-order valence-electron chi connectivity index (χ2n) is 14.3. The van der Waals surface area contributed by atoms with Crippen LogP contribution in [-0.4, -0.2) is 0 Å². The van der Waals surface area contributed by atoms with Crippen LogP contribution >= 0.6 is 22.7 Å². The molecule has 10 aromatic rings. The molecule has 0 saturated carbocycles. The maximum atomic E-state index is 3.98. The summed E-state index contributed by atoms with van der Waals surface area (Å²) in [5, 5.41) is 7.25. The smallest absolute Gasteiger partial charge is 0.101 e. The normalized spacial score (nSPS) is 11.2. The van der Waals surface area contributed by atoms with E-state index in [0.717, 1.165) is 33.9 Å². The Morgan fingerprint density at radius 2 is 0.793 bits per heavy atom. The number of rotatable bonds is 10. The number of nitrogens with zero attached hydrogens (tertiary/aromatic N) is 2. The van der Waals surface area contributed by atoms with Gasteiger partial charge in [0.15, 0.2) is 0 Å². The van der Waals surface area contributed by atoms with Crippen LogP contribution in [0.1, 0.15) is 11.1 Å². The summed E-state index contributed by atoms with van der Waals surface area (Å²) in [4.78, 5) is 4.79. The van der Waals surface area contributed by atoms with E-state index in [2.05, 4.69) is 217 Å². The Morgan fingerprint density at radius 1 is 0.362 bits per heavy atom. The van der Waals surface area contributed by atoms with Gasteiger partial charge in [0.1, 0.15) is 10.0 Å². The highest BCUT2D eigenvalue weighted by atomic mass is 32.1. The molecule has 0 aliphatic rings. The van der Waals surface area contributed by atoms with Gasteiger partial charge in [-0.3, -0.25) is 0 Å². The Kier molecular flexibility index (Phi) is 9.27. The van der Waals surface area contributed by atoms with Gasteiger partial charge < -0.3 is 9.80 Å². The van der Waals surface area contributed by atoms with Crippen LogP contribution < -0.4 is 9.80 Å². The largest absolute Gasteiger partial charge is 0.302 e. The maximum Gasteiger partial charge on any atom is 0.101 e. The third-order valence-electron chi connectivity index (χ3n) is 10.8. The van der Waals surface area contributed by atoms with Gasteiger partial charge in [-0.15, -0.1) is 22.7 Å². The van der Waals surface area contributed by atoms with Crippen molar-refractivity contribution < 1.29 is 0 Å². The van der Waals surface area contributed by atoms with Crippen LogP contribution in [0, 0.1) is 0 Å². The molecule has 0 aliphatic carbocycles. The Labute approximate surface area is 347 Å². The Morgan fingerprint density at radius 3 is 1.36 bits per heavy atom. The molecule has 0 spiro atoms. The fourth-order valence-electron chi connectivity index (χ4n) is 7.76. The molecule has 0 atom stereocenters. The fraction of sp³-hybridized carbons (Fsp3) is 0. The summed E-state index contributed by atoms with van der Waals surface area (Å²) in [6.45, 7) is 7.89. The van der Waals surface area contributed by atoms with Crippen molar-refractivity contribution in [1.29, 1.82) is 0 Å². The van der Waals surface area contributed by atoms with Crippen LogP contribution in [0.25, 0.3) is 65.4 Å². The SMILES string of the molecule is C=Cc1ccc(-c2ccc(N(c3cc4cc5sc(N(c6ccc(C=C)cc6)c6ccc(-c7ccccc7)cc6)cc5cc4s3)c3cccc4ccccc34)cc2)cc1. The highest BCUT2D eigenvalue weighted by Gasteiger charge is 2.20. The number of anilines is 6. The van der Waals surface area contributed by atoms with Gasteiger partial charge in [-0.05, 0) is 116 Å². The highest BCUT2D eigenvalue weighted by molar-refractivity contribution is 7.24. The maximum absolute atomic E-state index is 3.98. The lowest BCUT2D eigenvalue weighted by atomic mass is 10.0. The van der Waals surface area contributed by atoms with Crippen molar-refractivity contribution in [3.63, 3.8) is 0 Å². The molecule has 0 bridgehead atoms. The first-order chi connectivity index (χ1) is 28.6. The van der Waals surface area contributed by atoms with Crippen molar-refractivity contribution in [2.75, 3.05) is 9.80 Å². The summed E-state index contributed by atoms with van der Waals surface area (Å²) in [6, 6.07) is 70.3. The van der Waals surface area contributed by atoms with Crippen molar-refractivity contribution in [2.45, 2.75) is 0 Å². The number of fused-ring (bicyclic) bond motifs is 3. The van der Waals surface area contributed by atoms with Crippen molar-refractivity contribution in [1.82, 2.24) is 0 Å². The lowest BCUT2D eigenvalue weighted by molar-refractivity contribution is 1.32. The van der Waals surface area contributed by atoms with Gasteiger partial charge in [-0.2, -0.15) is 0 Å². The first-order valence-corrected chi connectivity index (χ1v) is 21.0. The van der Waals surface area contributed by atoms with Crippen molar-refractivity contribution >= 4 is 98.5 Å². The summed E-state index contributed by atoms with van der Waals surface area (Å²) in [5.74, 6) is 0. The number of benzene rings is 8. The molecular formula is C54H38N2S2. The quantitative estimate of drug-likeness (QED) is 0.136. The van der Waals surface area contributed by atoms with Gasteiger partial charge in [0.25, 0.3) is 0 Å². The van der Waals surface area contributed by atoms with Gasteiger partial charge in [-0.25, -0.2) is 0 Å². The minimum absolute atomic E-state index is 1.10. The monoisotopic (exact) mass is 778 g/mol. The molecule has 0 fully saturated rings. The second kappa shape index (κ2) is 15.2. The first kappa shape index (κ1) is 35.4. The van der Waals surface area contributed by atoms with Crippen LogP contribution in [0.5, 0.6) is 0 Å². The zero-order valence-electron chi connectivity index (χ0n) is 31.8. The molecule has 2 aromatic heterocycles. The third kappa shape index (κ3) is 6.69. The molecule has 0 unspecified atom stereocenters. The number of hydrogen-bond donors (Lipinski definition) is 0. The average molecular weight is 779 g/mol. The van der Waals surface area contributed by atoms with Crippen LogP contribution in [-0.2, 0) is 0 Å². The van der Waals surface area contributed by atoms with E-state index in [1.54, 1.807) is 0 Å². The zero-order valence-corrected chi connectivity index (χ0v) is 33.4. The molecule has 0 amide bonds. The van der Waals surface area contributed by atoms with Gasteiger partial charge in [-0.1, -0.05) is 153 Å². The molecule has 0 N–H and O–H groups in total. The summed E-state index contributed by atoms with van der Waals surface area (Å²) in [6.07, 6.45) is 3.77. The molecule has 2 heterocycles. The van der Waals surface area contributed by atoms with E-state index in [4.69, 9.17) is 0 Å². The van der Waals surface area contributed by atoms with E-state index in [9.17, 15) is 0 Å². The molecule has 0 aliphatic heterocycles. The summed E-state index contributed by atoms with van der Waals surface area (Å²) < 4.78 is 2.51. The molecule has 4 heteroatoms. The third-order valence-corrected chi connectivity index (χ3v) is 13.0. The van der Waals surface area contributed by atoms with Gasteiger partial charge >= 0.3 is 0 Å². The summed E-state index contributed by atoms with van der Waals surface area (Å²) >= 11 is 3.66. The van der Waals surface area contributed by atoms with Crippen LogP contribution in [0.2, 0.25) is 0 Å². The fourth-order valence-corrected chi connectivity index (χ4v) is 10.0. The minimum atomic E-state index is 1.10. The Hall–Kier alpha value is -6.98. The van der Waals surface area contributed by atoms with E-state index < -0.39 is 0 Å². The van der Waals surface area contributed by atoms with Gasteiger partial charge in [0.05, 0.1) is 5.69 Å². The first-order valence-electron chi connectivity index (χ1n) is 19.4. The number of hydrogen-bond acceptors (Lipinski definition) is 4. The lowest BCUT2D eigenvalue weighted by Gasteiger charge is -2.25. The molecule has 0 saturated heterocycles. The molecule has 276 valence electrons. The molecule has 10 rings (SSSR count). The molecule has 8 aromatic carbocycles. The second-order valence-corrected chi connectivity index (χ2v) is 16.5. The molecule has 0 radical (unpaired) electrons. The average Bonchev–Trinajstić information content (AvgIpc) is 3.89. The van der Waals surface area contributed by atoms with Crippen LogP contribution in [0.4, 0.5) is 32.8 Å². The van der Waals surface area contributed by atoms with E-state index in [0.29, 0.717) is 0 Å². The summed E-state index contributed by atoms with van der Waals surface area (Å²) in [7, 11) is 0. The topological polar surface area (TPSA) is 6.48 Å². The van der Waals surface area contributed by atoms with E-state index in [1.165, 1.54) is 63.2 Å². The van der Waals surface area contributed by atoms with Crippen molar-refractivity contribution in [3.8, 4) is 22.3 Å². The summed E-state index contributed by atoms with van der Waals surface area (Å²) in [5.41, 5.74) is 11.5. The van der Waals surface area contributed by atoms with E-state index in [-0.39, 0.29) is 0 Å². The Bertz CT molecular complexity index is 3010. The van der Waals surface area contributed by atoms with Crippen molar-refractivity contribution in [3.05, 3.63) is 218 Å². The number of thiophene rings is 2. The van der Waals surface area contributed by atoms with Gasteiger partial charge in [0.2, 0.25) is 0 Å². The molecular weight excluding hydrogens is 741 g/mol. The minimum Gasteiger partial charge on any atom is -0.302 e. The lowest BCUT2D eigenvalue weighted by Crippen LogP contribution is -2.08. The predicted octanol–water partition coefficient (Wildman–Crippen LogP) is 16.8. The van der Waals surface area contributed by atoms with Crippen LogP contribution in [0.15, 0.2) is 207 Å². The van der Waals surface area contributed by atoms with Gasteiger partial charge in [0, 0.05) is 31.8 Å². The van der Waals surface area contributed by atoms with Crippen LogP contribution in [0.3, 0.4) is 0 Å².